The van der Waals surface area contributed by atoms with E-state index in [0.717, 1.165) is 5.56 Å². The first-order valence-corrected chi connectivity index (χ1v) is 5.90. The molecule has 0 saturated carbocycles. The molecule has 0 radical (unpaired) electrons. The number of rotatable bonds is 4. The largest absolute Gasteiger partial charge is 0.480 e. The number of aryl methyl sites for hydroxylation is 1. The summed E-state index contributed by atoms with van der Waals surface area (Å²) in [5.41, 5.74) is 1.53. The van der Waals surface area contributed by atoms with Gasteiger partial charge in [0.25, 0.3) is 0 Å². The van der Waals surface area contributed by atoms with Gasteiger partial charge < -0.3 is 20.8 Å². The zero-order chi connectivity index (χ0) is 13.7. The minimum absolute atomic E-state index is 0.514. The Labute approximate surface area is 112 Å². The second-order valence-electron chi connectivity index (χ2n) is 3.66. The van der Waals surface area contributed by atoms with Crippen molar-refractivity contribution >= 4 is 33.6 Å². The molecule has 6 nitrogen and oxygen atoms in total. The molecule has 0 spiro atoms. The molecule has 0 aliphatic heterocycles. The predicted molar refractivity (Wildman–Crippen MR) is 69.5 cm³/mol. The number of carboxylic acid groups (broad SMARTS) is 1. The maximum absolute atomic E-state index is 11.5. The van der Waals surface area contributed by atoms with Crippen LogP contribution in [0, 0.1) is 6.92 Å². The molecule has 0 aromatic heterocycles. The molecule has 0 aliphatic carbocycles. The SMILES string of the molecule is Cc1ccc(NC(=O)N[C@@H](CO)C(=O)O)c(Br)c1. The second kappa shape index (κ2) is 6.36. The molecule has 0 unspecified atom stereocenters. The average molecular weight is 317 g/mol. The highest BCUT2D eigenvalue weighted by Gasteiger charge is 2.18. The van der Waals surface area contributed by atoms with Crippen molar-refractivity contribution in [1.29, 1.82) is 0 Å². The van der Waals surface area contributed by atoms with Crippen molar-refractivity contribution in [2.75, 3.05) is 11.9 Å². The molecule has 1 atom stereocenters. The maximum atomic E-state index is 11.5. The van der Waals surface area contributed by atoms with Crippen LogP contribution in [0.4, 0.5) is 10.5 Å². The standard InChI is InChI=1S/C11H13BrN2O4/c1-6-2-3-8(7(12)4-6)13-11(18)14-9(5-15)10(16)17/h2-4,9,15H,5H2,1H3,(H,16,17)(H2,13,14,18)/t9-/m0/s1. The third-order valence-electron chi connectivity index (χ3n) is 2.16. The highest BCUT2D eigenvalue weighted by molar-refractivity contribution is 9.10. The number of halogens is 1. The van der Waals surface area contributed by atoms with Crippen molar-refractivity contribution in [3.63, 3.8) is 0 Å². The molecule has 1 aromatic rings. The average Bonchev–Trinajstić information content (AvgIpc) is 2.29. The van der Waals surface area contributed by atoms with Crippen LogP contribution < -0.4 is 10.6 Å². The molecule has 98 valence electrons. The summed E-state index contributed by atoms with van der Waals surface area (Å²) in [6.07, 6.45) is 0. The molecule has 0 fully saturated rings. The highest BCUT2D eigenvalue weighted by atomic mass is 79.9. The summed E-state index contributed by atoms with van der Waals surface area (Å²) in [4.78, 5) is 22.1. The number of anilines is 1. The van der Waals surface area contributed by atoms with Gasteiger partial charge in [0, 0.05) is 4.47 Å². The van der Waals surface area contributed by atoms with E-state index in [1.807, 2.05) is 13.0 Å². The molecule has 0 saturated heterocycles. The number of aliphatic hydroxyl groups is 1. The number of aliphatic carboxylic acids is 1. The zero-order valence-electron chi connectivity index (χ0n) is 9.61. The van der Waals surface area contributed by atoms with Gasteiger partial charge in [0.2, 0.25) is 0 Å². The predicted octanol–water partition coefficient (Wildman–Crippen LogP) is 1.32. The number of benzene rings is 1. The summed E-state index contributed by atoms with van der Waals surface area (Å²) < 4.78 is 0.688. The maximum Gasteiger partial charge on any atom is 0.328 e. The fraction of sp³-hybridized carbons (Fsp3) is 0.273. The van der Waals surface area contributed by atoms with E-state index >= 15 is 0 Å². The van der Waals surface area contributed by atoms with Crippen LogP contribution >= 0.6 is 15.9 Å². The van der Waals surface area contributed by atoms with Gasteiger partial charge in [-0.1, -0.05) is 6.07 Å². The van der Waals surface area contributed by atoms with Gasteiger partial charge in [0.15, 0.2) is 6.04 Å². The van der Waals surface area contributed by atoms with Crippen LogP contribution in [0.15, 0.2) is 22.7 Å². The fourth-order valence-corrected chi connectivity index (χ4v) is 1.82. The molecule has 1 rings (SSSR count). The number of hydrogen-bond acceptors (Lipinski definition) is 3. The van der Waals surface area contributed by atoms with E-state index in [1.54, 1.807) is 12.1 Å². The normalized spacial score (nSPS) is 11.7. The number of urea groups is 1. The van der Waals surface area contributed by atoms with E-state index in [1.165, 1.54) is 0 Å². The Kier molecular flexibility index (Phi) is 5.11. The quantitative estimate of drug-likeness (QED) is 0.673. The smallest absolute Gasteiger partial charge is 0.328 e. The molecule has 2 amide bonds. The Balaban J connectivity index is 2.67. The van der Waals surface area contributed by atoms with E-state index in [4.69, 9.17) is 10.2 Å². The molecule has 18 heavy (non-hydrogen) atoms. The van der Waals surface area contributed by atoms with Gasteiger partial charge in [0.1, 0.15) is 0 Å². The molecule has 7 heteroatoms. The lowest BCUT2D eigenvalue weighted by Gasteiger charge is -2.13. The minimum atomic E-state index is -1.32. The third-order valence-corrected chi connectivity index (χ3v) is 2.81. The molecule has 4 N–H and O–H groups in total. The van der Waals surface area contributed by atoms with Gasteiger partial charge >= 0.3 is 12.0 Å². The summed E-state index contributed by atoms with van der Waals surface area (Å²) in [7, 11) is 0. The molecule has 1 aromatic carbocycles. The lowest BCUT2D eigenvalue weighted by molar-refractivity contribution is -0.140. The van der Waals surface area contributed by atoms with Gasteiger partial charge in [-0.25, -0.2) is 9.59 Å². The Morgan fingerprint density at radius 3 is 2.61 bits per heavy atom. The monoisotopic (exact) mass is 316 g/mol. The molecule has 0 bridgehead atoms. The van der Waals surface area contributed by atoms with Crippen molar-refractivity contribution in [2.45, 2.75) is 13.0 Å². The van der Waals surface area contributed by atoms with Crippen molar-refractivity contribution in [3.8, 4) is 0 Å². The van der Waals surface area contributed by atoms with Gasteiger partial charge in [0.05, 0.1) is 12.3 Å². The van der Waals surface area contributed by atoms with Crippen LogP contribution in [-0.2, 0) is 4.79 Å². The molecule has 0 aliphatic rings. The van der Waals surface area contributed by atoms with Crippen LogP contribution in [-0.4, -0.2) is 34.9 Å². The second-order valence-corrected chi connectivity index (χ2v) is 4.51. The van der Waals surface area contributed by atoms with Crippen molar-refractivity contribution < 1.29 is 19.8 Å². The number of nitrogens with one attached hydrogen (secondary N) is 2. The molecular weight excluding hydrogens is 304 g/mol. The van der Waals surface area contributed by atoms with Crippen molar-refractivity contribution in [3.05, 3.63) is 28.2 Å². The first kappa shape index (κ1) is 14.5. The summed E-state index contributed by atoms with van der Waals surface area (Å²) >= 11 is 3.28. The first-order valence-electron chi connectivity index (χ1n) is 5.11. The number of hydrogen-bond donors (Lipinski definition) is 4. The van der Waals surface area contributed by atoms with E-state index in [9.17, 15) is 9.59 Å². The van der Waals surface area contributed by atoms with Gasteiger partial charge in [-0.3, -0.25) is 0 Å². The van der Waals surface area contributed by atoms with E-state index in [0.29, 0.717) is 10.2 Å². The van der Waals surface area contributed by atoms with E-state index < -0.39 is 24.6 Å². The third kappa shape index (κ3) is 4.01. The Morgan fingerprint density at radius 1 is 1.44 bits per heavy atom. The summed E-state index contributed by atoms with van der Waals surface area (Å²) in [5.74, 6) is -1.30. The summed E-state index contributed by atoms with van der Waals surface area (Å²) in [6.45, 7) is 1.23. The number of amides is 2. The Bertz CT molecular complexity index is 464. The van der Waals surface area contributed by atoms with Crippen LogP contribution in [0.3, 0.4) is 0 Å². The van der Waals surface area contributed by atoms with Crippen molar-refractivity contribution in [1.82, 2.24) is 5.32 Å². The highest BCUT2D eigenvalue weighted by Crippen LogP contribution is 2.23. The van der Waals surface area contributed by atoms with Crippen LogP contribution in [0.1, 0.15) is 5.56 Å². The molecule has 0 heterocycles. The fourth-order valence-electron chi connectivity index (χ4n) is 1.22. The summed E-state index contributed by atoms with van der Waals surface area (Å²) in [6, 6.07) is 3.29. The minimum Gasteiger partial charge on any atom is -0.480 e. The lowest BCUT2D eigenvalue weighted by atomic mass is 10.2. The van der Waals surface area contributed by atoms with E-state index in [-0.39, 0.29) is 0 Å². The first-order chi connectivity index (χ1) is 8.43. The number of aliphatic hydroxyl groups excluding tert-OH is 1. The number of carboxylic acids is 1. The van der Waals surface area contributed by atoms with Crippen molar-refractivity contribution in [2.24, 2.45) is 0 Å². The van der Waals surface area contributed by atoms with Gasteiger partial charge in [-0.15, -0.1) is 0 Å². The molecular formula is C11H13BrN2O4. The Morgan fingerprint density at radius 2 is 2.11 bits per heavy atom. The zero-order valence-corrected chi connectivity index (χ0v) is 11.2. The number of carbonyl (C=O) groups excluding carboxylic acids is 1. The lowest BCUT2D eigenvalue weighted by Crippen LogP contribution is -2.45. The van der Waals surface area contributed by atoms with Gasteiger partial charge in [-0.05, 0) is 40.5 Å². The topological polar surface area (TPSA) is 98.7 Å². The van der Waals surface area contributed by atoms with E-state index in [2.05, 4.69) is 26.6 Å². The van der Waals surface area contributed by atoms with Crippen LogP contribution in [0.2, 0.25) is 0 Å². The number of carbonyl (C=O) groups is 2. The van der Waals surface area contributed by atoms with Gasteiger partial charge in [-0.2, -0.15) is 0 Å². The summed E-state index contributed by atoms with van der Waals surface area (Å²) in [5, 5.41) is 22.1. The Hall–Kier alpha value is -1.60. The van der Waals surface area contributed by atoms with Crippen LogP contribution in [0.5, 0.6) is 0 Å². The van der Waals surface area contributed by atoms with Crippen LogP contribution in [0.25, 0.3) is 0 Å².